The van der Waals surface area contributed by atoms with E-state index in [1.54, 1.807) is 0 Å². The molecule has 3 amide bonds. The van der Waals surface area contributed by atoms with Crippen LogP contribution in [0.15, 0.2) is 67.3 Å². The van der Waals surface area contributed by atoms with E-state index >= 15 is 0 Å². The Hall–Kier alpha value is -4.93. The molecule has 2 fully saturated rings. The highest BCUT2D eigenvalue weighted by atomic mass is 16.5. The lowest BCUT2D eigenvalue weighted by molar-refractivity contribution is -0.145. The summed E-state index contributed by atoms with van der Waals surface area (Å²) in [6, 6.07) is 15.7. The van der Waals surface area contributed by atoms with Crippen molar-refractivity contribution in [3.05, 3.63) is 72.8 Å². The molecular formula is C35H38N4O7. The van der Waals surface area contributed by atoms with Crippen LogP contribution in [0.5, 0.6) is 5.75 Å². The summed E-state index contributed by atoms with van der Waals surface area (Å²) in [6.45, 7) is 5.49. The highest BCUT2D eigenvalue weighted by Gasteiger charge is 2.61. The van der Waals surface area contributed by atoms with Gasteiger partial charge in [0.05, 0.1) is 24.4 Å². The average Bonchev–Trinajstić information content (AvgIpc) is 3.62. The zero-order chi connectivity index (χ0) is 32.4. The average molecular weight is 627 g/mol. The van der Waals surface area contributed by atoms with Crippen molar-refractivity contribution in [3.8, 4) is 17.0 Å². The third-order valence-corrected chi connectivity index (χ3v) is 9.12. The number of alkyl carbamates (subject to hydrolysis) is 1. The largest absolute Gasteiger partial charge is 0.488 e. The van der Waals surface area contributed by atoms with Crippen LogP contribution in [0.4, 0.5) is 4.79 Å². The Morgan fingerprint density at radius 1 is 1.13 bits per heavy atom. The zero-order valence-corrected chi connectivity index (χ0v) is 25.7. The molecule has 11 heteroatoms. The fraction of sp³-hybridized carbons (Fsp3) is 0.400. The maximum atomic E-state index is 13.7. The third-order valence-electron chi connectivity index (χ3n) is 9.12. The van der Waals surface area contributed by atoms with Crippen LogP contribution in [0.1, 0.15) is 44.6 Å². The first kappa shape index (κ1) is 31.1. The fourth-order valence-corrected chi connectivity index (χ4v) is 6.43. The second kappa shape index (κ2) is 12.8. The number of carboxylic acids is 1. The highest BCUT2D eigenvalue weighted by Crippen LogP contribution is 2.45. The number of rotatable bonds is 5. The number of benzene rings is 2. The lowest BCUT2D eigenvalue weighted by Gasteiger charge is -2.28. The Morgan fingerprint density at radius 3 is 2.67 bits per heavy atom. The number of cyclic esters (lactones) is 1. The number of pyridine rings is 1. The van der Waals surface area contributed by atoms with Gasteiger partial charge in [-0.05, 0) is 56.7 Å². The minimum Gasteiger partial charge on any atom is -0.488 e. The third kappa shape index (κ3) is 6.27. The molecule has 2 aliphatic heterocycles. The van der Waals surface area contributed by atoms with E-state index in [1.165, 1.54) is 17.9 Å². The van der Waals surface area contributed by atoms with Gasteiger partial charge in [0, 0.05) is 29.4 Å². The number of fused-ring (bicyclic) bond motifs is 3. The molecule has 3 aliphatic rings. The van der Waals surface area contributed by atoms with Gasteiger partial charge in [-0.3, -0.25) is 9.59 Å². The molecule has 1 aromatic heterocycles. The van der Waals surface area contributed by atoms with E-state index in [9.17, 15) is 24.3 Å². The van der Waals surface area contributed by atoms with E-state index in [4.69, 9.17) is 14.5 Å². The molecule has 1 saturated carbocycles. The van der Waals surface area contributed by atoms with E-state index in [1.807, 2.05) is 42.5 Å². The Morgan fingerprint density at radius 2 is 1.93 bits per heavy atom. The number of nitrogens with one attached hydrogen (secondary N) is 2. The summed E-state index contributed by atoms with van der Waals surface area (Å²) < 4.78 is 11.9. The van der Waals surface area contributed by atoms with E-state index in [0.29, 0.717) is 12.2 Å². The SMILES string of the molecule is C=C[C@@H]1C[C@]1(NC(=O)[C@@H]1C[C@@H]2CN1C(=O)[C@H](C)NC(=O)OCCCCCc1ccc3nc(-c4ccccc4)cc(c3c1)O2)C(=O)O. The summed E-state index contributed by atoms with van der Waals surface area (Å²) in [7, 11) is 0. The Bertz CT molecular complexity index is 1680. The lowest BCUT2D eigenvalue weighted by atomic mass is 10.0. The van der Waals surface area contributed by atoms with E-state index in [2.05, 4.69) is 29.3 Å². The van der Waals surface area contributed by atoms with Crippen molar-refractivity contribution in [2.75, 3.05) is 13.2 Å². The predicted molar refractivity (Wildman–Crippen MR) is 170 cm³/mol. The first-order chi connectivity index (χ1) is 22.2. The maximum Gasteiger partial charge on any atom is 0.407 e. The van der Waals surface area contributed by atoms with Gasteiger partial charge in [-0.25, -0.2) is 14.6 Å². The van der Waals surface area contributed by atoms with E-state index in [-0.39, 0.29) is 26.0 Å². The number of nitrogens with zero attached hydrogens (tertiary/aromatic N) is 2. The number of aromatic nitrogens is 1. The Labute approximate surface area is 267 Å². The van der Waals surface area contributed by atoms with Crippen LogP contribution in [0.3, 0.4) is 0 Å². The summed E-state index contributed by atoms with van der Waals surface area (Å²) in [5, 5.41) is 16.0. The van der Waals surface area contributed by atoms with E-state index < -0.39 is 53.5 Å². The molecule has 3 heterocycles. The van der Waals surface area contributed by atoms with Gasteiger partial charge in [0.15, 0.2) is 0 Å². The first-order valence-electron chi connectivity index (χ1n) is 15.8. The van der Waals surface area contributed by atoms with Crippen LogP contribution in [0, 0.1) is 5.92 Å². The number of carboxylic acid groups (broad SMARTS) is 1. The van der Waals surface area contributed by atoms with Gasteiger partial charge in [0.25, 0.3) is 0 Å². The molecule has 46 heavy (non-hydrogen) atoms. The molecule has 2 aromatic carbocycles. The highest BCUT2D eigenvalue weighted by molar-refractivity contribution is 5.96. The Kier molecular flexibility index (Phi) is 8.66. The van der Waals surface area contributed by atoms with Crippen molar-refractivity contribution < 1.29 is 33.8 Å². The molecule has 1 aliphatic carbocycles. The van der Waals surface area contributed by atoms with Crippen LogP contribution < -0.4 is 15.4 Å². The van der Waals surface area contributed by atoms with Crippen molar-refractivity contribution >= 4 is 34.8 Å². The number of amides is 3. The topological polar surface area (TPSA) is 147 Å². The molecule has 0 radical (unpaired) electrons. The second-order valence-corrected chi connectivity index (χ2v) is 12.3. The van der Waals surface area contributed by atoms with Gasteiger partial charge >= 0.3 is 12.1 Å². The summed E-state index contributed by atoms with van der Waals surface area (Å²) in [6.07, 6.45) is 3.78. The molecule has 3 aromatic rings. The van der Waals surface area contributed by atoms with Crippen molar-refractivity contribution in [2.24, 2.45) is 5.92 Å². The van der Waals surface area contributed by atoms with Gasteiger partial charge in [0.2, 0.25) is 11.8 Å². The van der Waals surface area contributed by atoms with Crippen molar-refractivity contribution in [1.29, 1.82) is 0 Å². The standard InChI is InChI=1S/C35H38N4O7/c1-3-24-19-35(24,33(42)43)38-31(40)29-17-25-20-39(29)32(41)21(2)36-34(44)45-15-9-5-6-10-22-13-14-27-26(16-22)30(46-25)18-28(37-27)23-11-7-4-8-12-23/h3-4,7-8,11-14,16,18,21,24-25,29H,1,5-6,9-10,15,17,19-20H2,2H3,(H,36,44)(H,38,40)(H,42,43)/t21-,24+,25+,29-,35+/m0/s1. The van der Waals surface area contributed by atoms with Crippen LogP contribution >= 0.6 is 0 Å². The number of carbonyl (C=O) groups excluding carboxylic acids is 3. The second-order valence-electron chi connectivity index (χ2n) is 12.3. The van der Waals surface area contributed by atoms with Crippen LogP contribution in [-0.2, 0) is 25.5 Å². The van der Waals surface area contributed by atoms with E-state index in [0.717, 1.165) is 47.0 Å². The van der Waals surface area contributed by atoms with Gasteiger partial charge < -0.3 is 30.1 Å². The van der Waals surface area contributed by atoms with Gasteiger partial charge in [-0.2, -0.15) is 0 Å². The van der Waals surface area contributed by atoms with Crippen LogP contribution in [0.25, 0.3) is 22.2 Å². The minimum atomic E-state index is -1.46. The predicted octanol–water partition coefficient (Wildman–Crippen LogP) is 4.24. The fourth-order valence-electron chi connectivity index (χ4n) is 6.43. The van der Waals surface area contributed by atoms with Gasteiger partial charge in [-0.15, -0.1) is 6.58 Å². The summed E-state index contributed by atoms with van der Waals surface area (Å²) in [5.74, 6) is -2.10. The smallest absolute Gasteiger partial charge is 0.407 e. The summed E-state index contributed by atoms with van der Waals surface area (Å²) in [5.41, 5.74) is 2.05. The molecule has 11 nitrogen and oxygen atoms in total. The summed E-state index contributed by atoms with van der Waals surface area (Å²) in [4.78, 5) is 58.4. The lowest BCUT2D eigenvalue weighted by Crippen LogP contribution is -2.55. The number of hydrogen-bond donors (Lipinski definition) is 3. The van der Waals surface area contributed by atoms with Crippen molar-refractivity contribution in [1.82, 2.24) is 20.5 Å². The van der Waals surface area contributed by atoms with Crippen LogP contribution in [-0.4, -0.2) is 75.7 Å². The maximum absolute atomic E-state index is 13.7. The molecule has 3 N–H and O–H groups in total. The summed E-state index contributed by atoms with van der Waals surface area (Å²) >= 11 is 0. The van der Waals surface area contributed by atoms with Gasteiger partial charge in [-0.1, -0.05) is 42.5 Å². The normalized spacial score (nSPS) is 26.7. The molecule has 0 unspecified atom stereocenters. The molecule has 5 atom stereocenters. The molecule has 1 saturated heterocycles. The first-order valence-corrected chi connectivity index (χ1v) is 15.8. The Balaban J connectivity index is 1.37. The zero-order valence-electron chi connectivity index (χ0n) is 25.7. The molecule has 0 spiro atoms. The molecule has 6 rings (SSSR count). The number of ether oxygens (including phenoxy) is 2. The van der Waals surface area contributed by atoms with Gasteiger partial charge in [0.1, 0.15) is 29.5 Å². The molecule has 240 valence electrons. The molecular weight excluding hydrogens is 588 g/mol. The van der Waals surface area contributed by atoms with Crippen LogP contribution in [0.2, 0.25) is 0 Å². The number of carbonyl (C=O) groups is 4. The van der Waals surface area contributed by atoms with Crippen molar-refractivity contribution in [2.45, 2.75) is 69.2 Å². The number of aliphatic carboxylic acids is 1. The number of hydrogen-bond acceptors (Lipinski definition) is 7. The monoisotopic (exact) mass is 626 g/mol. The molecule has 4 bridgehead atoms. The minimum absolute atomic E-state index is 0.0487. The number of aryl methyl sites for hydroxylation is 1. The van der Waals surface area contributed by atoms with Crippen molar-refractivity contribution in [3.63, 3.8) is 0 Å². The quantitative estimate of drug-likeness (QED) is 0.357.